The topological polar surface area (TPSA) is 38.3 Å². The molecular weight excluding hydrogens is 190 g/mol. The van der Waals surface area contributed by atoms with E-state index in [2.05, 4.69) is 12.2 Å². The van der Waals surface area contributed by atoms with Crippen molar-refractivity contribution < 1.29 is 8.83 Å². The van der Waals surface area contributed by atoms with Crippen LogP contribution in [0.2, 0.25) is 0 Å². The molecule has 0 aliphatic rings. The van der Waals surface area contributed by atoms with E-state index < -0.39 is 0 Å². The third kappa shape index (κ3) is 2.50. The van der Waals surface area contributed by atoms with Gasteiger partial charge < -0.3 is 14.2 Å². The Bertz CT molecular complexity index is 403. The number of furan rings is 2. The molecule has 3 heteroatoms. The van der Waals surface area contributed by atoms with Crippen LogP contribution in [0.3, 0.4) is 0 Å². The van der Waals surface area contributed by atoms with Crippen molar-refractivity contribution in [3.05, 3.63) is 47.8 Å². The van der Waals surface area contributed by atoms with E-state index in [0.717, 1.165) is 23.8 Å². The smallest absolute Gasteiger partial charge is 0.120 e. The van der Waals surface area contributed by atoms with Gasteiger partial charge in [-0.1, -0.05) is 0 Å². The number of rotatable bonds is 4. The van der Waals surface area contributed by atoms with Crippen LogP contribution in [0, 0.1) is 6.92 Å². The highest BCUT2D eigenvalue weighted by atomic mass is 16.3. The lowest BCUT2D eigenvalue weighted by molar-refractivity contribution is 0.401. The summed E-state index contributed by atoms with van der Waals surface area (Å²) >= 11 is 0. The molecule has 3 nitrogen and oxygen atoms in total. The van der Waals surface area contributed by atoms with Crippen molar-refractivity contribution in [3.8, 4) is 0 Å². The van der Waals surface area contributed by atoms with Gasteiger partial charge in [0, 0.05) is 0 Å². The van der Waals surface area contributed by atoms with E-state index in [-0.39, 0.29) is 6.04 Å². The van der Waals surface area contributed by atoms with Crippen LogP contribution in [0.4, 0.5) is 0 Å². The van der Waals surface area contributed by atoms with Crippen LogP contribution in [0.15, 0.2) is 39.4 Å². The average Bonchev–Trinajstić information content (AvgIpc) is 2.84. The molecule has 0 amide bonds. The molecule has 0 aliphatic carbocycles. The Hall–Kier alpha value is -1.48. The lowest BCUT2D eigenvalue weighted by atomic mass is 10.2. The van der Waals surface area contributed by atoms with Gasteiger partial charge in [-0.25, -0.2) is 0 Å². The lowest BCUT2D eigenvalue weighted by Crippen LogP contribution is -2.17. The Kier molecular flexibility index (Phi) is 2.92. The molecule has 1 N–H and O–H groups in total. The van der Waals surface area contributed by atoms with E-state index in [9.17, 15) is 0 Å². The standard InChI is InChI=1S/C12H15NO2/c1-9-5-6-11(15-9)8-13-10(2)12-4-3-7-14-12/h3-7,10,13H,8H2,1-2H3/t10-/m0/s1. The van der Waals surface area contributed by atoms with Gasteiger partial charge >= 0.3 is 0 Å². The van der Waals surface area contributed by atoms with Crippen molar-refractivity contribution >= 4 is 0 Å². The first-order chi connectivity index (χ1) is 7.25. The average molecular weight is 205 g/mol. The zero-order chi connectivity index (χ0) is 10.7. The van der Waals surface area contributed by atoms with Gasteiger partial charge in [0.1, 0.15) is 17.3 Å². The summed E-state index contributed by atoms with van der Waals surface area (Å²) in [6.45, 7) is 4.73. The molecule has 15 heavy (non-hydrogen) atoms. The van der Waals surface area contributed by atoms with Gasteiger partial charge in [-0.2, -0.15) is 0 Å². The van der Waals surface area contributed by atoms with Gasteiger partial charge in [-0.3, -0.25) is 0 Å². The van der Waals surface area contributed by atoms with Gasteiger partial charge in [0.15, 0.2) is 0 Å². The number of aryl methyl sites for hydroxylation is 1. The van der Waals surface area contributed by atoms with Crippen LogP contribution in [0.25, 0.3) is 0 Å². The molecule has 0 aliphatic heterocycles. The van der Waals surface area contributed by atoms with Crippen LogP contribution < -0.4 is 5.32 Å². The first kappa shape index (κ1) is 10.1. The summed E-state index contributed by atoms with van der Waals surface area (Å²) in [7, 11) is 0. The Morgan fingerprint density at radius 2 is 2.20 bits per heavy atom. The van der Waals surface area contributed by atoms with Crippen LogP contribution in [-0.2, 0) is 6.54 Å². The SMILES string of the molecule is Cc1ccc(CN[C@@H](C)c2ccco2)o1. The Balaban J connectivity index is 1.88. The molecule has 0 fully saturated rings. The Labute approximate surface area is 89.1 Å². The fourth-order valence-electron chi connectivity index (χ4n) is 1.47. The number of nitrogens with one attached hydrogen (secondary N) is 1. The minimum absolute atomic E-state index is 0.199. The molecule has 0 aromatic carbocycles. The van der Waals surface area contributed by atoms with Gasteiger partial charge in [0.2, 0.25) is 0 Å². The first-order valence-electron chi connectivity index (χ1n) is 5.08. The van der Waals surface area contributed by atoms with Crippen LogP contribution >= 0.6 is 0 Å². The van der Waals surface area contributed by atoms with Crippen LogP contribution in [-0.4, -0.2) is 0 Å². The second kappa shape index (κ2) is 4.36. The molecule has 80 valence electrons. The normalized spacial score (nSPS) is 12.9. The molecule has 0 bridgehead atoms. The van der Waals surface area contributed by atoms with Crippen molar-refractivity contribution in [1.82, 2.24) is 5.32 Å². The fourth-order valence-corrected chi connectivity index (χ4v) is 1.47. The van der Waals surface area contributed by atoms with Crippen LogP contribution in [0.1, 0.15) is 30.2 Å². The van der Waals surface area contributed by atoms with Gasteiger partial charge in [-0.15, -0.1) is 0 Å². The maximum absolute atomic E-state index is 5.46. The predicted octanol–water partition coefficient (Wildman–Crippen LogP) is 3.03. The summed E-state index contributed by atoms with van der Waals surface area (Å²) in [5.41, 5.74) is 0. The second-order valence-corrected chi connectivity index (χ2v) is 3.63. The van der Waals surface area contributed by atoms with Gasteiger partial charge in [0.05, 0.1) is 18.8 Å². The van der Waals surface area contributed by atoms with Crippen molar-refractivity contribution in [3.63, 3.8) is 0 Å². The van der Waals surface area contributed by atoms with Crippen molar-refractivity contribution in [1.29, 1.82) is 0 Å². The monoisotopic (exact) mass is 205 g/mol. The third-order valence-corrected chi connectivity index (χ3v) is 2.35. The third-order valence-electron chi connectivity index (χ3n) is 2.35. The van der Waals surface area contributed by atoms with Gasteiger partial charge in [0.25, 0.3) is 0 Å². The molecular formula is C12H15NO2. The van der Waals surface area contributed by atoms with E-state index in [4.69, 9.17) is 8.83 Å². The maximum atomic E-state index is 5.46. The summed E-state index contributed by atoms with van der Waals surface area (Å²) < 4.78 is 10.8. The zero-order valence-electron chi connectivity index (χ0n) is 8.99. The predicted molar refractivity (Wildman–Crippen MR) is 57.4 cm³/mol. The quantitative estimate of drug-likeness (QED) is 0.833. The molecule has 0 radical (unpaired) electrons. The Morgan fingerprint density at radius 3 is 2.80 bits per heavy atom. The zero-order valence-corrected chi connectivity index (χ0v) is 8.99. The number of hydrogen-bond acceptors (Lipinski definition) is 3. The van der Waals surface area contributed by atoms with Crippen molar-refractivity contribution in [2.75, 3.05) is 0 Å². The molecule has 0 spiro atoms. The summed E-state index contributed by atoms with van der Waals surface area (Å²) in [4.78, 5) is 0. The summed E-state index contributed by atoms with van der Waals surface area (Å²) in [6, 6.07) is 8.01. The molecule has 0 saturated heterocycles. The van der Waals surface area contributed by atoms with E-state index in [1.165, 1.54) is 0 Å². The first-order valence-corrected chi connectivity index (χ1v) is 5.08. The summed E-state index contributed by atoms with van der Waals surface area (Å²) in [6.07, 6.45) is 1.69. The van der Waals surface area contributed by atoms with Crippen molar-refractivity contribution in [2.24, 2.45) is 0 Å². The molecule has 2 aromatic rings. The van der Waals surface area contributed by atoms with E-state index >= 15 is 0 Å². The second-order valence-electron chi connectivity index (χ2n) is 3.63. The maximum Gasteiger partial charge on any atom is 0.120 e. The molecule has 1 atom stereocenters. The van der Waals surface area contributed by atoms with E-state index in [1.807, 2.05) is 31.2 Å². The largest absolute Gasteiger partial charge is 0.468 e. The number of hydrogen-bond donors (Lipinski definition) is 1. The van der Waals surface area contributed by atoms with Gasteiger partial charge in [-0.05, 0) is 38.1 Å². The minimum Gasteiger partial charge on any atom is -0.468 e. The molecule has 2 heterocycles. The van der Waals surface area contributed by atoms with E-state index in [0.29, 0.717) is 0 Å². The van der Waals surface area contributed by atoms with E-state index in [1.54, 1.807) is 6.26 Å². The highest BCUT2D eigenvalue weighted by Gasteiger charge is 2.08. The highest BCUT2D eigenvalue weighted by molar-refractivity contribution is 5.07. The molecule has 2 rings (SSSR count). The van der Waals surface area contributed by atoms with Crippen LogP contribution in [0.5, 0.6) is 0 Å². The fraction of sp³-hybridized carbons (Fsp3) is 0.333. The molecule has 2 aromatic heterocycles. The van der Waals surface area contributed by atoms with Crippen molar-refractivity contribution in [2.45, 2.75) is 26.4 Å². The highest BCUT2D eigenvalue weighted by Crippen LogP contribution is 2.13. The Morgan fingerprint density at radius 1 is 1.33 bits per heavy atom. The lowest BCUT2D eigenvalue weighted by Gasteiger charge is -2.09. The minimum atomic E-state index is 0.199. The summed E-state index contributed by atoms with van der Waals surface area (Å²) in [5, 5.41) is 3.33. The molecule has 0 saturated carbocycles. The molecule has 0 unspecified atom stereocenters. The summed E-state index contributed by atoms with van der Waals surface area (Å²) in [5.74, 6) is 2.83.